The molecule has 0 saturated heterocycles. The number of halogens is 1. The number of hydrogen-bond donors (Lipinski definition) is 0. The fourth-order valence-electron chi connectivity index (χ4n) is 4.18. The molecule has 0 radical (unpaired) electrons. The number of carbonyl (C=O) groups excluding carboxylic acids is 1. The van der Waals surface area contributed by atoms with Crippen LogP contribution < -0.4 is 5.76 Å². The van der Waals surface area contributed by atoms with Gasteiger partial charge in [0, 0.05) is 25.6 Å². The van der Waals surface area contributed by atoms with Gasteiger partial charge in [-0.3, -0.25) is 9.36 Å². The van der Waals surface area contributed by atoms with Crippen molar-refractivity contribution >= 4 is 17.0 Å². The Hall–Kier alpha value is -2.89. The predicted octanol–water partition coefficient (Wildman–Crippen LogP) is 4.49. The van der Waals surface area contributed by atoms with Gasteiger partial charge in [0.1, 0.15) is 5.82 Å². The Morgan fingerprint density at radius 2 is 1.79 bits per heavy atom. The molecule has 29 heavy (non-hydrogen) atoms. The first kappa shape index (κ1) is 19.4. The van der Waals surface area contributed by atoms with Crippen LogP contribution in [0.25, 0.3) is 11.1 Å². The van der Waals surface area contributed by atoms with E-state index in [9.17, 15) is 14.0 Å². The summed E-state index contributed by atoms with van der Waals surface area (Å²) >= 11 is 0. The topological polar surface area (TPSA) is 55.5 Å². The van der Waals surface area contributed by atoms with Crippen molar-refractivity contribution in [2.24, 2.45) is 0 Å². The molecule has 4 rings (SSSR count). The predicted molar refractivity (Wildman–Crippen MR) is 109 cm³/mol. The summed E-state index contributed by atoms with van der Waals surface area (Å²) in [6, 6.07) is 13.7. The Bertz CT molecular complexity index is 1030. The van der Waals surface area contributed by atoms with E-state index in [1.54, 1.807) is 18.2 Å². The minimum atomic E-state index is -0.443. The summed E-state index contributed by atoms with van der Waals surface area (Å²) < 4.78 is 20.0. The third-order valence-electron chi connectivity index (χ3n) is 5.72. The highest BCUT2D eigenvalue weighted by molar-refractivity contribution is 5.77. The molecule has 1 aliphatic rings. The Morgan fingerprint density at radius 1 is 1.07 bits per heavy atom. The van der Waals surface area contributed by atoms with Gasteiger partial charge in [0.2, 0.25) is 5.91 Å². The van der Waals surface area contributed by atoms with E-state index in [0.29, 0.717) is 17.6 Å². The minimum Gasteiger partial charge on any atom is -0.408 e. The molecule has 0 N–H and O–H groups in total. The molecule has 0 aliphatic heterocycles. The number of rotatable bonds is 6. The third kappa shape index (κ3) is 4.42. The summed E-state index contributed by atoms with van der Waals surface area (Å²) in [6.07, 6.45) is 5.63. The highest BCUT2D eigenvalue weighted by Gasteiger charge is 2.25. The van der Waals surface area contributed by atoms with Crippen molar-refractivity contribution in [3.63, 3.8) is 0 Å². The molecule has 1 aromatic heterocycles. The molecule has 5 nitrogen and oxygen atoms in total. The van der Waals surface area contributed by atoms with Gasteiger partial charge in [-0.25, -0.2) is 9.18 Å². The number of nitrogens with zero attached hydrogens (tertiary/aromatic N) is 2. The summed E-state index contributed by atoms with van der Waals surface area (Å²) in [5, 5.41) is 0. The van der Waals surface area contributed by atoms with Gasteiger partial charge in [0.15, 0.2) is 5.58 Å². The molecule has 1 amide bonds. The van der Waals surface area contributed by atoms with Crippen molar-refractivity contribution in [1.29, 1.82) is 0 Å². The van der Waals surface area contributed by atoms with Crippen LogP contribution in [-0.4, -0.2) is 21.4 Å². The lowest BCUT2D eigenvalue weighted by Gasteiger charge is -2.34. The summed E-state index contributed by atoms with van der Waals surface area (Å²) in [4.78, 5) is 27.3. The largest absolute Gasteiger partial charge is 0.419 e. The van der Waals surface area contributed by atoms with Crippen molar-refractivity contribution in [2.75, 3.05) is 0 Å². The van der Waals surface area contributed by atoms with Crippen molar-refractivity contribution in [1.82, 2.24) is 9.47 Å². The van der Waals surface area contributed by atoms with Crippen LogP contribution in [0.3, 0.4) is 0 Å². The van der Waals surface area contributed by atoms with Crippen molar-refractivity contribution in [3.05, 3.63) is 70.5 Å². The summed E-state index contributed by atoms with van der Waals surface area (Å²) in [5.74, 6) is -0.712. The van der Waals surface area contributed by atoms with E-state index in [0.717, 1.165) is 31.2 Å². The number of amides is 1. The van der Waals surface area contributed by atoms with E-state index in [2.05, 4.69) is 0 Å². The molecule has 152 valence electrons. The average Bonchev–Trinajstić information content (AvgIpc) is 3.07. The van der Waals surface area contributed by atoms with Gasteiger partial charge in [-0.2, -0.15) is 0 Å². The molecule has 1 fully saturated rings. The molecule has 1 aliphatic carbocycles. The summed E-state index contributed by atoms with van der Waals surface area (Å²) in [6.45, 7) is 0.742. The number of para-hydroxylation sites is 2. The standard InChI is InChI=1S/C23H25FN2O3/c24-18-12-10-17(11-13-18)16-26(19-6-2-1-3-7-19)22(27)14-15-25-20-8-4-5-9-21(20)29-23(25)28/h4-5,8-13,19H,1-3,6-7,14-16H2. The van der Waals surface area contributed by atoms with Crippen LogP contribution in [0.15, 0.2) is 57.7 Å². The Labute approximate surface area is 168 Å². The van der Waals surface area contributed by atoms with Crippen LogP contribution in [0.1, 0.15) is 44.1 Å². The van der Waals surface area contributed by atoms with Crippen LogP contribution in [0, 0.1) is 5.82 Å². The zero-order chi connectivity index (χ0) is 20.2. The van der Waals surface area contributed by atoms with E-state index in [4.69, 9.17) is 4.42 Å². The maximum atomic E-state index is 13.3. The normalized spacial score (nSPS) is 14.9. The summed E-state index contributed by atoms with van der Waals surface area (Å²) in [5.41, 5.74) is 2.14. The van der Waals surface area contributed by atoms with Gasteiger partial charge in [0.05, 0.1) is 5.52 Å². The van der Waals surface area contributed by atoms with Gasteiger partial charge in [-0.1, -0.05) is 43.5 Å². The number of benzene rings is 2. The van der Waals surface area contributed by atoms with Crippen LogP contribution in [0.5, 0.6) is 0 Å². The van der Waals surface area contributed by atoms with Gasteiger partial charge in [-0.15, -0.1) is 0 Å². The zero-order valence-corrected chi connectivity index (χ0v) is 16.4. The van der Waals surface area contributed by atoms with Gasteiger partial charge in [-0.05, 0) is 42.7 Å². The maximum absolute atomic E-state index is 13.3. The van der Waals surface area contributed by atoms with Crippen LogP contribution in [0.2, 0.25) is 0 Å². The van der Waals surface area contributed by atoms with E-state index >= 15 is 0 Å². The molecule has 0 bridgehead atoms. The second-order valence-electron chi connectivity index (χ2n) is 7.68. The smallest absolute Gasteiger partial charge is 0.408 e. The van der Waals surface area contributed by atoms with Crippen LogP contribution in [-0.2, 0) is 17.9 Å². The van der Waals surface area contributed by atoms with Crippen molar-refractivity contribution < 1.29 is 13.6 Å². The molecule has 6 heteroatoms. The molecular weight excluding hydrogens is 371 g/mol. The molecule has 2 aromatic carbocycles. The molecule has 1 saturated carbocycles. The first-order valence-corrected chi connectivity index (χ1v) is 10.2. The minimum absolute atomic E-state index is 0.0124. The van der Waals surface area contributed by atoms with E-state index in [1.165, 1.54) is 23.1 Å². The first-order chi connectivity index (χ1) is 14.1. The monoisotopic (exact) mass is 396 g/mol. The first-order valence-electron chi connectivity index (χ1n) is 10.2. The molecule has 0 atom stereocenters. The molecule has 0 unspecified atom stereocenters. The number of oxazole rings is 1. The van der Waals surface area contributed by atoms with E-state index in [1.807, 2.05) is 23.1 Å². The zero-order valence-electron chi connectivity index (χ0n) is 16.4. The SMILES string of the molecule is O=C(CCn1c(=O)oc2ccccc21)N(Cc1ccc(F)cc1)C1CCCCC1. The number of carbonyl (C=O) groups is 1. The fraction of sp³-hybridized carbons (Fsp3) is 0.391. The maximum Gasteiger partial charge on any atom is 0.419 e. The number of aryl methyl sites for hydroxylation is 1. The van der Waals surface area contributed by atoms with Gasteiger partial charge in [0.25, 0.3) is 0 Å². The number of aromatic nitrogens is 1. The fourth-order valence-corrected chi connectivity index (χ4v) is 4.18. The van der Waals surface area contributed by atoms with Gasteiger partial charge < -0.3 is 9.32 Å². The summed E-state index contributed by atoms with van der Waals surface area (Å²) in [7, 11) is 0. The number of hydrogen-bond acceptors (Lipinski definition) is 3. The third-order valence-corrected chi connectivity index (χ3v) is 5.72. The lowest BCUT2D eigenvalue weighted by Crippen LogP contribution is -2.41. The van der Waals surface area contributed by atoms with Crippen molar-refractivity contribution in [3.8, 4) is 0 Å². The highest BCUT2D eigenvalue weighted by atomic mass is 19.1. The lowest BCUT2D eigenvalue weighted by molar-refractivity contribution is -0.135. The van der Waals surface area contributed by atoms with Crippen molar-refractivity contribution in [2.45, 2.75) is 57.7 Å². The molecular formula is C23H25FN2O3. The highest BCUT2D eigenvalue weighted by Crippen LogP contribution is 2.25. The number of fused-ring (bicyclic) bond motifs is 1. The van der Waals surface area contributed by atoms with Crippen LogP contribution in [0.4, 0.5) is 4.39 Å². The van der Waals surface area contributed by atoms with Crippen LogP contribution >= 0.6 is 0 Å². The average molecular weight is 396 g/mol. The Morgan fingerprint density at radius 3 is 2.55 bits per heavy atom. The Balaban J connectivity index is 1.51. The Kier molecular flexibility index (Phi) is 5.79. The second-order valence-corrected chi connectivity index (χ2v) is 7.68. The molecule has 1 heterocycles. The molecule has 3 aromatic rings. The van der Waals surface area contributed by atoms with E-state index in [-0.39, 0.29) is 30.7 Å². The van der Waals surface area contributed by atoms with E-state index < -0.39 is 5.76 Å². The molecule has 0 spiro atoms. The second kappa shape index (κ2) is 8.64. The quantitative estimate of drug-likeness (QED) is 0.617. The lowest BCUT2D eigenvalue weighted by atomic mass is 9.93. The van der Waals surface area contributed by atoms with Gasteiger partial charge >= 0.3 is 5.76 Å².